The predicted octanol–water partition coefficient (Wildman–Crippen LogP) is 2.17. The molecular formula is C6H14O2S. The number of hydrogen-bond acceptors (Lipinski definition) is 2. The van der Waals surface area contributed by atoms with Gasteiger partial charge in [-0.3, -0.25) is 9.11 Å². The van der Waals surface area contributed by atoms with Crippen LogP contribution in [0.3, 0.4) is 0 Å². The zero-order valence-corrected chi connectivity index (χ0v) is 6.52. The molecular weight excluding hydrogens is 136 g/mol. The fourth-order valence-electron chi connectivity index (χ4n) is 1.22. The van der Waals surface area contributed by atoms with Crippen molar-refractivity contribution < 1.29 is 9.11 Å². The predicted molar refractivity (Wildman–Crippen MR) is 41.0 cm³/mol. The van der Waals surface area contributed by atoms with E-state index in [0.717, 1.165) is 12.8 Å². The lowest BCUT2D eigenvalue weighted by Gasteiger charge is -2.25. The van der Waals surface area contributed by atoms with E-state index in [9.17, 15) is 0 Å². The van der Waals surface area contributed by atoms with E-state index in [2.05, 4.69) is 6.92 Å². The van der Waals surface area contributed by atoms with E-state index < -0.39 is 10.6 Å². The third kappa shape index (κ3) is 1.85. The Hall–Kier alpha value is 0.270. The molecule has 1 aliphatic rings. The van der Waals surface area contributed by atoms with Gasteiger partial charge in [-0.25, -0.2) is 0 Å². The molecule has 1 saturated heterocycles. The molecule has 0 saturated carbocycles. The molecule has 0 aromatic heterocycles. The Balaban J connectivity index is 2.38. The Labute approximate surface area is 57.6 Å². The summed E-state index contributed by atoms with van der Waals surface area (Å²) in [6.07, 6.45) is 2.11. The summed E-state index contributed by atoms with van der Waals surface area (Å²) in [6.45, 7) is 2.10. The average molecular weight is 150 g/mol. The molecule has 9 heavy (non-hydrogen) atoms. The van der Waals surface area contributed by atoms with E-state index >= 15 is 0 Å². The normalized spacial score (nSPS) is 36.6. The van der Waals surface area contributed by atoms with Crippen LogP contribution in [0.1, 0.15) is 19.8 Å². The maximum atomic E-state index is 9.13. The molecule has 1 heterocycles. The van der Waals surface area contributed by atoms with Crippen molar-refractivity contribution in [3.8, 4) is 0 Å². The van der Waals surface area contributed by atoms with Crippen molar-refractivity contribution in [2.45, 2.75) is 19.8 Å². The molecule has 0 amide bonds. The van der Waals surface area contributed by atoms with Crippen LogP contribution in [0, 0.1) is 5.92 Å². The van der Waals surface area contributed by atoms with Crippen LogP contribution in [-0.4, -0.2) is 20.6 Å². The molecule has 2 nitrogen and oxygen atoms in total. The molecule has 0 radical (unpaired) electrons. The SMILES string of the molecule is CCC1CCS(O)(O)C1. The summed E-state index contributed by atoms with van der Waals surface area (Å²) < 4.78 is 18.3. The first kappa shape index (κ1) is 7.38. The molecule has 0 aromatic rings. The van der Waals surface area contributed by atoms with Gasteiger partial charge in [0.2, 0.25) is 0 Å². The molecule has 1 aliphatic heterocycles. The lowest BCUT2D eigenvalue weighted by molar-refractivity contribution is 0.490. The minimum atomic E-state index is -2.11. The summed E-state index contributed by atoms with van der Waals surface area (Å²) in [5, 5.41) is 0. The molecule has 1 unspecified atom stereocenters. The summed E-state index contributed by atoms with van der Waals surface area (Å²) >= 11 is 0. The zero-order valence-electron chi connectivity index (χ0n) is 5.71. The molecule has 56 valence electrons. The van der Waals surface area contributed by atoms with Gasteiger partial charge < -0.3 is 0 Å². The van der Waals surface area contributed by atoms with Gasteiger partial charge in [-0.1, -0.05) is 13.3 Å². The molecule has 1 atom stereocenters. The van der Waals surface area contributed by atoms with Crippen LogP contribution in [0.25, 0.3) is 0 Å². The second-order valence-corrected chi connectivity index (χ2v) is 5.08. The second kappa shape index (κ2) is 2.48. The smallest absolute Gasteiger partial charge is 0.0403 e. The highest BCUT2D eigenvalue weighted by molar-refractivity contribution is 8.24. The molecule has 0 aromatic carbocycles. The van der Waals surface area contributed by atoms with Crippen molar-refractivity contribution in [1.29, 1.82) is 0 Å². The van der Waals surface area contributed by atoms with Gasteiger partial charge in [0.15, 0.2) is 0 Å². The summed E-state index contributed by atoms with van der Waals surface area (Å²) in [5.74, 6) is 1.88. The lowest BCUT2D eigenvalue weighted by atomic mass is 10.1. The van der Waals surface area contributed by atoms with Crippen LogP contribution in [0.15, 0.2) is 0 Å². The fraction of sp³-hybridized carbons (Fsp3) is 1.00. The first-order chi connectivity index (χ1) is 4.14. The van der Waals surface area contributed by atoms with E-state index in [1.54, 1.807) is 0 Å². The van der Waals surface area contributed by atoms with Crippen molar-refractivity contribution >= 4 is 10.6 Å². The molecule has 0 spiro atoms. The maximum Gasteiger partial charge on any atom is 0.0403 e. The van der Waals surface area contributed by atoms with Gasteiger partial charge in [0, 0.05) is 11.5 Å². The van der Waals surface area contributed by atoms with E-state index in [1.807, 2.05) is 0 Å². The molecule has 0 aliphatic carbocycles. The van der Waals surface area contributed by atoms with Crippen molar-refractivity contribution in [3.05, 3.63) is 0 Å². The van der Waals surface area contributed by atoms with Gasteiger partial charge in [-0.2, -0.15) is 10.6 Å². The molecule has 1 rings (SSSR count). The van der Waals surface area contributed by atoms with Crippen molar-refractivity contribution in [1.82, 2.24) is 0 Å². The van der Waals surface area contributed by atoms with Crippen molar-refractivity contribution in [3.63, 3.8) is 0 Å². The summed E-state index contributed by atoms with van der Waals surface area (Å²) in [4.78, 5) is 0. The Kier molecular flexibility index (Phi) is 2.03. The molecule has 0 bridgehead atoms. The van der Waals surface area contributed by atoms with E-state index in [1.165, 1.54) is 0 Å². The quantitative estimate of drug-likeness (QED) is 0.601. The van der Waals surface area contributed by atoms with Crippen LogP contribution >= 0.6 is 10.6 Å². The highest BCUT2D eigenvalue weighted by Gasteiger charge is 2.26. The van der Waals surface area contributed by atoms with Crippen LogP contribution in [0.5, 0.6) is 0 Å². The first-order valence-electron chi connectivity index (χ1n) is 3.37. The summed E-state index contributed by atoms with van der Waals surface area (Å²) in [5.41, 5.74) is 0. The topological polar surface area (TPSA) is 40.5 Å². The molecule has 2 N–H and O–H groups in total. The largest absolute Gasteiger partial charge is 0.299 e. The Bertz CT molecular complexity index is 103. The van der Waals surface area contributed by atoms with Gasteiger partial charge in [0.1, 0.15) is 0 Å². The summed E-state index contributed by atoms with van der Waals surface area (Å²) in [6, 6.07) is 0. The molecule has 1 fully saturated rings. The second-order valence-electron chi connectivity index (χ2n) is 2.74. The van der Waals surface area contributed by atoms with Crippen LogP contribution in [0.2, 0.25) is 0 Å². The fourth-order valence-corrected chi connectivity index (χ4v) is 3.26. The third-order valence-corrected chi connectivity index (χ3v) is 3.83. The Morgan fingerprint density at radius 3 is 2.44 bits per heavy atom. The highest BCUT2D eigenvalue weighted by atomic mass is 32.3. The van der Waals surface area contributed by atoms with Gasteiger partial charge in [0.05, 0.1) is 0 Å². The number of rotatable bonds is 1. The maximum absolute atomic E-state index is 9.13. The summed E-state index contributed by atoms with van der Waals surface area (Å²) in [7, 11) is -2.11. The van der Waals surface area contributed by atoms with Gasteiger partial charge in [-0.05, 0) is 12.3 Å². The molecule has 3 heteroatoms. The highest BCUT2D eigenvalue weighted by Crippen LogP contribution is 2.48. The average Bonchev–Trinajstić information content (AvgIpc) is 2.10. The van der Waals surface area contributed by atoms with Gasteiger partial charge in [-0.15, -0.1) is 0 Å². The van der Waals surface area contributed by atoms with Crippen molar-refractivity contribution in [2.75, 3.05) is 11.5 Å². The third-order valence-electron chi connectivity index (χ3n) is 1.93. The Morgan fingerprint density at radius 1 is 1.56 bits per heavy atom. The van der Waals surface area contributed by atoms with E-state index in [0.29, 0.717) is 17.4 Å². The van der Waals surface area contributed by atoms with Crippen molar-refractivity contribution in [2.24, 2.45) is 5.92 Å². The van der Waals surface area contributed by atoms with Gasteiger partial charge >= 0.3 is 0 Å². The number of hydrogen-bond donors (Lipinski definition) is 2. The Morgan fingerprint density at radius 2 is 2.22 bits per heavy atom. The van der Waals surface area contributed by atoms with Crippen LogP contribution in [0.4, 0.5) is 0 Å². The minimum absolute atomic E-state index is 0.579. The van der Waals surface area contributed by atoms with Crippen LogP contribution < -0.4 is 0 Å². The van der Waals surface area contributed by atoms with E-state index in [4.69, 9.17) is 9.11 Å². The lowest BCUT2D eigenvalue weighted by Crippen LogP contribution is -2.00. The van der Waals surface area contributed by atoms with Gasteiger partial charge in [0.25, 0.3) is 0 Å². The zero-order chi connectivity index (χ0) is 6.91. The monoisotopic (exact) mass is 150 g/mol. The van der Waals surface area contributed by atoms with Crippen LogP contribution in [-0.2, 0) is 0 Å². The first-order valence-corrected chi connectivity index (χ1v) is 5.26. The standard InChI is InChI=1S/C6H14O2S/c1-2-6-3-4-9(7,8)5-6/h6-8H,2-5H2,1H3. The minimum Gasteiger partial charge on any atom is -0.299 e. The van der Waals surface area contributed by atoms with E-state index in [-0.39, 0.29) is 0 Å².